The summed E-state index contributed by atoms with van der Waals surface area (Å²) >= 11 is 1.40. The van der Waals surface area contributed by atoms with Crippen molar-refractivity contribution in [1.82, 2.24) is 15.2 Å². The number of imide groups is 1. The number of carbonyl (C=O) groups is 3. The van der Waals surface area contributed by atoms with Gasteiger partial charge in [-0.3, -0.25) is 24.3 Å². The molecule has 0 aliphatic carbocycles. The molecule has 0 spiro atoms. The lowest BCUT2D eigenvalue weighted by molar-refractivity contribution is -0.137. The highest BCUT2D eigenvalue weighted by Gasteiger charge is 2.30. The topological polar surface area (TPSA) is 79.4 Å². The fourth-order valence-electron chi connectivity index (χ4n) is 2.51. The first-order chi connectivity index (χ1) is 13.6. The predicted molar refractivity (Wildman–Crippen MR) is 117 cm³/mol. The van der Waals surface area contributed by atoms with E-state index in [0.717, 1.165) is 35.7 Å². The van der Waals surface area contributed by atoms with E-state index >= 15 is 0 Å². The maximum atomic E-state index is 12.1. The van der Waals surface area contributed by atoms with Crippen LogP contribution in [0.4, 0.5) is 0 Å². The Morgan fingerprint density at radius 3 is 2.71 bits per heavy atom. The predicted octanol–water partition coefficient (Wildman–Crippen LogP) is 3.50. The van der Waals surface area contributed by atoms with Crippen LogP contribution < -0.4 is 5.32 Å². The van der Waals surface area contributed by atoms with Crippen molar-refractivity contribution in [2.24, 2.45) is 0 Å². The molecule has 0 aromatic carbocycles. The van der Waals surface area contributed by atoms with Gasteiger partial charge in [-0.05, 0) is 30.7 Å². The third-order valence-electron chi connectivity index (χ3n) is 3.87. The van der Waals surface area contributed by atoms with Crippen LogP contribution >= 0.6 is 33.3 Å². The van der Waals surface area contributed by atoms with Gasteiger partial charge < -0.3 is 5.32 Å². The second-order valence-corrected chi connectivity index (χ2v) is 9.78. The first-order valence-electron chi connectivity index (χ1n) is 9.28. The molecule has 9 heteroatoms. The normalized spacial score (nSPS) is 13.8. The van der Waals surface area contributed by atoms with Gasteiger partial charge in [0.2, 0.25) is 5.91 Å². The van der Waals surface area contributed by atoms with Crippen molar-refractivity contribution in [2.75, 3.05) is 24.6 Å². The number of rotatable bonds is 13. The average molecular weight is 440 g/mol. The third-order valence-corrected chi connectivity index (χ3v) is 7.15. The van der Waals surface area contributed by atoms with Crippen LogP contribution in [0.1, 0.15) is 32.6 Å². The molecular weight excluding hydrogens is 414 g/mol. The molecule has 0 saturated carbocycles. The Balaban J connectivity index is 1.48. The van der Waals surface area contributed by atoms with E-state index in [4.69, 9.17) is 0 Å². The monoisotopic (exact) mass is 439 g/mol. The smallest absolute Gasteiger partial charge is 0.267 e. The van der Waals surface area contributed by atoms with Crippen LogP contribution in [0.2, 0.25) is 0 Å². The zero-order valence-corrected chi connectivity index (χ0v) is 18.3. The summed E-state index contributed by atoms with van der Waals surface area (Å²) in [5.74, 6) is 1.25. The molecule has 152 valence electrons. The highest BCUT2D eigenvalue weighted by molar-refractivity contribution is 8.76. The summed E-state index contributed by atoms with van der Waals surface area (Å²) in [6.07, 6.45) is 7.72. The van der Waals surface area contributed by atoms with Gasteiger partial charge in [-0.1, -0.05) is 34.9 Å². The van der Waals surface area contributed by atoms with Crippen LogP contribution in [0.5, 0.6) is 0 Å². The first kappa shape index (κ1) is 22.8. The number of hydrogen-bond acceptors (Lipinski definition) is 7. The van der Waals surface area contributed by atoms with Crippen LogP contribution in [0.15, 0.2) is 40.4 Å². The summed E-state index contributed by atoms with van der Waals surface area (Å²) in [6.45, 7) is 3.02. The van der Waals surface area contributed by atoms with Gasteiger partial charge in [0, 0.05) is 48.6 Å². The minimum atomic E-state index is -0.221. The molecule has 0 fully saturated rings. The van der Waals surface area contributed by atoms with E-state index in [2.05, 4.69) is 10.3 Å². The number of amides is 3. The molecule has 3 amide bonds. The molecule has 0 unspecified atom stereocenters. The number of pyridine rings is 1. The van der Waals surface area contributed by atoms with Crippen molar-refractivity contribution in [3.05, 3.63) is 35.5 Å². The lowest BCUT2D eigenvalue weighted by Gasteiger charge is -2.14. The molecule has 0 bridgehead atoms. The maximum absolute atomic E-state index is 12.1. The number of nitrogens with one attached hydrogen (secondary N) is 1. The Labute approximate surface area is 178 Å². The quantitative estimate of drug-likeness (QED) is 0.286. The second-order valence-electron chi connectivity index (χ2n) is 5.99. The minimum absolute atomic E-state index is 0.0473. The van der Waals surface area contributed by atoms with E-state index in [0.29, 0.717) is 24.4 Å². The van der Waals surface area contributed by atoms with E-state index in [1.807, 2.05) is 19.1 Å². The second kappa shape index (κ2) is 12.9. The molecule has 1 aliphatic rings. The molecule has 1 aromatic rings. The van der Waals surface area contributed by atoms with Gasteiger partial charge >= 0.3 is 0 Å². The number of nitrogens with zero attached hydrogens (tertiary/aromatic N) is 2. The van der Waals surface area contributed by atoms with Crippen molar-refractivity contribution >= 4 is 51.1 Å². The van der Waals surface area contributed by atoms with Gasteiger partial charge in [-0.25, -0.2) is 0 Å². The Bertz CT molecular complexity index is 698. The summed E-state index contributed by atoms with van der Waals surface area (Å²) < 4.78 is 0. The van der Waals surface area contributed by atoms with Crippen LogP contribution in [0.3, 0.4) is 0 Å². The zero-order chi connectivity index (χ0) is 20.2. The molecule has 2 rings (SSSR count). The Morgan fingerprint density at radius 1 is 1.18 bits per heavy atom. The van der Waals surface area contributed by atoms with Crippen molar-refractivity contribution < 1.29 is 14.4 Å². The van der Waals surface area contributed by atoms with E-state index in [9.17, 15) is 14.4 Å². The molecule has 6 nitrogen and oxygen atoms in total. The van der Waals surface area contributed by atoms with Crippen molar-refractivity contribution in [3.63, 3.8) is 0 Å². The molecule has 1 aliphatic heterocycles. The maximum Gasteiger partial charge on any atom is 0.267 e. The lowest BCUT2D eigenvalue weighted by Crippen LogP contribution is -2.31. The summed E-state index contributed by atoms with van der Waals surface area (Å²) in [7, 11) is 3.37. The Kier molecular flexibility index (Phi) is 10.5. The third kappa shape index (κ3) is 7.89. The molecule has 0 radical (unpaired) electrons. The van der Waals surface area contributed by atoms with Gasteiger partial charge in [-0.2, -0.15) is 0 Å². The molecule has 1 N–H and O–H groups in total. The average Bonchev–Trinajstić information content (AvgIpc) is 2.96. The fraction of sp³-hybridized carbons (Fsp3) is 0.474. The van der Waals surface area contributed by atoms with Crippen molar-refractivity contribution in [1.29, 1.82) is 0 Å². The molecule has 2 heterocycles. The number of hydrogen-bond donors (Lipinski definition) is 1. The summed E-state index contributed by atoms with van der Waals surface area (Å²) in [4.78, 5) is 42.7. The molecule has 28 heavy (non-hydrogen) atoms. The molecule has 0 atom stereocenters. The SMILES string of the molecule is CCSC1=CC(=O)N(CCCCCC(=O)NCCSSc2ccncc2)C1=O. The highest BCUT2D eigenvalue weighted by atomic mass is 33.1. The van der Waals surface area contributed by atoms with E-state index in [-0.39, 0.29) is 17.7 Å². The van der Waals surface area contributed by atoms with Crippen molar-refractivity contribution in [3.8, 4) is 0 Å². The van der Waals surface area contributed by atoms with Crippen LogP contribution in [-0.2, 0) is 14.4 Å². The van der Waals surface area contributed by atoms with Crippen LogP contribution in [0.25, 0.3) is 0 Å². The summed E-state index contributed by atoms with van der Waals surface area (Å²) in [5.41, 5.74) is 0. The van der Waals surface area contributed by atoms with Crippen LogP contribution in [-0.4, -0.2) is 52.2 Å². The fourth-order valence-corrected chi connectivity index (χ4v) is 5.12. The number of aromatic nitrogens is 1. The largest absolute Gasteiger partial charge is 0.355 e. The summed E-state index contributed by atoms with van der Waals surface area (Å²) in [5, 5.41) is 2.92. The molecular formula is C19H25N3O3S3. The molecule has 0 saturated heterocycles. The minimum Gasteiger partial charge on any atom is -0.355 e. The van der Waals surface area contributed by atoms with E-state index in [1.54, 1.807) is 34.0 Å². The van der Waals surface area contributed by atoms with E-state index < -0.39 is 0 Å². The van der Waals surface area contributed by atoms with Crippen molar-refractivity contribution in [2.45, 2.75) is 37.5 Å². The van der Waals surface area contributed by atoms with Gasteiger partial charge in [0.25, 0.3) is 11.8 Å². The Morgan fingerprint density at radius 2 is 1.96 bits per heavy atom. The number of thioether (sulfide) groups is 1. The van der Waals surface area contributed by atoms with Gasteiger partial charge in [0.1, 0.15) is 0 Å². The first-order valence-corrected chi connectivity index (χ1v) is 12.6. The van der Waals surface area contributed by atoms with Gasteiger partial charge in [-0.15, -0.1) is 11.8 Å². The van der Waals surface area contributed by atoms with E-state index in [1.165, 1.54) is 22.7 Å². The zero-order valence-electron chi connectivity index (χ0n) is 15.9. The summed E-state index contributed by atoms with van der Waals surface area (Å²) in [6, 6.07) is 3.91. The Hall–Kier alpha value is -1.45. The van der Waals surface area contributed by atoms with Crippen LogP contribution in [0, 0.1) is 0 Å². The van der Waals surface area contributed by atoms with Gasteiger partial charge in [0.05, 0.1) is 4.91 Å². The number of unbranched alkanes of at least 4 members (excludes halogenated alkanes) is 2. The molecule has 1 aromatic heterocycles. The van der Waals surface area contributed by atoms with Gasteiger partial charge in [0.15, 0.2) is 0 Å². The number of carbonyl (C=O) groups excluding carboxylic acids is 3. The highest BCUT2D eigenvalue weighted by Crippen LogP contribution is 2.29. The lowest BCUT2D eigenvalue weighted by atomic mass is 10.2. The standard InChI is InChI=1S/C19H25N3O3S3/c1-2-26-16-14-18(24)22(19(16)25)12-5-3-4-6-17(23)21-11-13-27-28-15-7-9-20-10-8-15/h7-10,14H,2-6,11-13H2,1H3,(H,21,23).